The molecule has 3 N–H and O–H groups in total. The number of anilines is 4. The average molecular weight is 1420 g/mol. The molecule has 3 aromatic carbocycles. The summed E-state index contributed by atoms with van der Waals surface area (Å²) in [6, 6.07) is 17.8. The third-order valence-electron chi connectivity index (χ3n) is 19.1. The second kappa shape index (κ2) is 38.1. The fraction of sp³-hybridized carbons (Fsp3) is 0.506. The van der Waals surface area contributed by atoms with E-state index in [2.05, 4.69) is 47.5 Å². The first-order valence-electron chi connectivity index (χ1n) is 35.9. The molecule has 0 bridgehead atoms. The molecule has 0 spiro atoms. The lowest BCUT2D eigenvalue weighted by Gasteiger charge is -2.42. The number of benzene rings is 3. The largest absolute Gasteiger partial charge is 0.493 e. The van der Waals surface area contributed by atoms with Crippen LogP contribution in [0.25, 0.3) is 11.1 Å². The summed E-state index contributed by atoms with van der Waals surface area (Å²) >= 11 is 0. The molecule has 4 fully saturated rings. The molecule has 11 rings (SSSR count). The van der Waals surface area contributed by atoms with E-state index < -0.39 is 43.2 Å². The molecule has 4 saturated heterocycles. The van der Waals surface area contributed by atoms with E-state index in [0.717, 1.165) is 86.5 Å². The van der Waals surface area contributed by atoms with Gasteiger partial charge < -0.3 is 72.6 Å². The van der Waals surface area contributed by atoms with Gasteiger partial charge in [-0.25, -0.2) is 19.4 Å². The molecule has 0 radical (unpaired) electrons. The van der Waals surface area contributed by atoms with Crippen molar-refractivity contribution in [1.29, 1.82) is 0 Å². The van der Waals surface area contributed by atoms with Crippen molar-refractivity contribution in [1.82, 2.24) is 18.9 Å². The number of carboxylic acids is 1. The molecule has 4 unspecified atom stereocenters. The molecular weight excluding hydrogens is 1320 g/mol. The summed E-state index contributed by atoms with van der Waals surface area (Å²) in [4.78, 5) is 115. The molecule has 26 nitrogen and oxygen atoms in total. The predicted molar refractivity (Wildman–Crippen MR) is 383 cm³/mol. The first-order valence-corrected chi connectivity index (χ1v) is 35.9. The van der Waals surface area contributed by atoms with Crippen molar-refractivity contribution in [3.8, 4) is 22.6 Å². The van der Waals surface area contributed by atoms with Crippen LogP contribution in [0, 0.1) is 20.8 Å². The van der Waals surface area contributed by atoms with Gasteiger partial charge >= 0.3 is 24.3 Å². The van der Waals surface area contributed by atoms with E-state index in [9.17, 15) is 33.6 Å². The maximum absolute atomic E-state index is 14.2. The van der Waals surface area contributed by atoms with Gasteiger partial charge in [-0.05, 0) is 195 Å². The number of unbranched alkanes of at least 4 members (excludes halogenated alkanes) is 4. The SMILES string of the molecule is C=CCOC(=O)N1c2cc(OCCCCCC(=O)Nc3cc(C(=O)Nc4ccc(-c5cc(C)n(C)c5)cc4)n(C)c3)c(C)cc2C(=O)N2CCCC[C@H]2C1OC1CCCCO1.C=CCOC(=O)N1c2cc(OCCCCCC(=O)O)c(C)cc2C(=O)N2CCCC[C@H]2C1OC1CCCCO1.O=C=O. The van der Waals surface area contributed by atoms with Crippen molar-refractivity contribution in [2.24, 2.45) is 14.1 Å². The summed E-state index contributed by atoms with van der Waals surface area (Å²) in [6.07, 6.45) is 17.8. The molecular formula is C77H98N8O18. The minimum Gasteiger partial charge on any atom is -0.493 e. The van der Waals surface area contributed by atoms with Gasteiger partial charge in [0.2, 0.25) is 5.91 Å². The number of ether oxygens (including phenoxy) is 8. The molecule has 6 amide bonds. The van der Waals surface area contributed by atoms with Crippen LogP contribution in [0.5, 0.6) is 11.5 Å². The second-order valence-electron chi connectivity index (χ2n) is 26.6. The third kappa shape index (κ3) is 20.4. The summed E-state index contributed by atoms with van der Waals surface area (Å²) in [5.41, 5.74) is 8.08. The van der Waals surface area contributed by atoms with Gasteiger partial charge in [-0.3, -0.25) is 24.0 Å². The van der Waals surface area contributed by atoms with Crippen LogP contribution in [0.15, 0.2) is 98.4 Å². The average Bonchev–Trinajstić information content (AvgIpc) is 1.63. The number of rotatable bonds is 26. The van der Waals surface area contributed by atoms with Crippen LogP contribution in [0.4, 0.5) is 32.3 Å². The Morgan fingerprint density at radius 2 is 1.08 bits per heavy atom. The Hall–Kier alpha value is -9.59. The molecule has 6 aliphatic rings. The summed E-state index contributed by atoms with van der Waals surface area (Å²) in [5, 5.41) is 14.7. The Balaban J connectivity index is 0.000000252. The number of piperidine rings is 2. The number of hydrogen-bond donors (Lipinski definition) is 3. The number of carboxylic acid groups (broad SMARTS) is 1. The number of nitrogens with zero attached hydrogens (tertiary/aromatic N) is 6. The third-order valence-corrected chi connectivity index (χ3v) is 19.1. The molecule has 0 aliphatic carbocycles. The lowest BCUT2D eigenvalue weighted by molar-refractivity contribution is -0.199. The first kappa shape index (κ1) is 77.6. The molecule has 103 heavy (non-hydrogen) atoms. The molecule has 5 aromatic rings. The van der Waals surface area contributed by atoms with Gasteiger partial charge in [0.25, 0.3) is 17.7 Å². The van der Waals surface area contributed by atoms with Crippen LogP contribution < -0.4 is 29.9 Å². The maximum Gasteiger partial charge on any atom is 0.416 e. The van der Waals surface area contributed by atoms with E-state index >= 15 is 0 Å². The number of carbonyl (C=O) groups is 7. The number of hydrogen-bond acceptors (Lipinski definition) is 17. The number of aliphatic carboxylic acids is 1. The molecule has 554 valence electrons. The van der Waals surface area contributed by atoms with Gasteiger partial charge in [0.05, 0.1) is 53.5 Å². The van der Waals surface area contributed by atoms with Gasteiger partial charge in [-0.1, -0.05) is 37.4 Å². The number of nitrogens with one attached hydrogen (secondary N) is 2. The molecule has 2 aromatic heterocycles. The highest BCUT2D eigenvalue weighted by atomic mass is 16.7. The summed E-state index contributed by atoms with van der Waals surface area (Å²) in [7, 11) is 3.78. The van der Waals surface area contributed by atoms with Crippen LogP contribution in [0.3, 0.4) is 0 Å². The van der Waals surface area contributed by atoms with E-state index in [1.54, 1.807) is 48.1 Å². The molecule has 6 atom stereocenters. The lowest BCUT2D eigenvalue weighted by Crippen LogP contribution is -2.57. The number of aryl methyl sites for hydroxylation is 5. The van der Waals surface area contributed by atoms with Gasteiger partial charge in [0, 0.05) is 89.1 Å². The number of aromatic nitrogens is 2. The van der Waals surface area contributed by atoms with Gasteiger partial charge in [0.15, 0.2) is 25.0 Å². The minimum absolute atomic E-state index is 0.00178. The Morgan fingerprint density at radius 3 is 1.53 bits per heavy atom. The van der Waals surface area contributed by atoms with Crippen LogP contribution in [0.2, 0.25) is 0 Å². The van der Waals surface area contributed by atoms with Gasteiger partial charge in [0.1, 0.15) is 30.4 Å². The monoisotopic (exact) mass is 1420 g/mol. The van der Waals surface area contributed by atoms with Crippen LogP contribution in [0.1, 0.15) is 176 Å². The van der Waals surface area contributed by atoms with Crippen LogP contribution >= 0.6 is 0 Å². The Morgan fingerprint density at radius 1 is 0.583 bits per heavy atom. The van der Waals surface area contributed by atoms with Crippen molar-refractivity contribution < 1.29 is 86.2 Å². The van der Waals surface area contributed by atoms with E-state index in [1.165, 1.54) is 27.6 Å². The summed E-state index contributed by atoms with van der Waals surface area (Å²) < 4.78 is 52.2. The van der Waals surface area contributed by atoms with E-state index in [1.807, 2.05) is 55.0 Å². The van der Waals surface area contributed by atoms with Crippen molar-refractivity contribution in [2.75, 3.05) is 73.2 Å². The summed E-state index contributed by atoms with van der Waals surface area (Å²) in [5.74, 6) is -0.435. The molecule has 6 aliphatic heterocycles. The lowest BCUT2D eigenvalue weighted by atomic mass is 10.00. The highest BCUT2D eigenvalue weighted by molar-refractivity contribution is 6.07. The summed E-state index contributed by atoms with van der Waals surface area (Å²) in [6.45, 7) is 16.3. The van der Waals surface area contributed by atoms with Crippen molar-refractivity contribution in [2.45, 2.75) is 186 Å². The normalized spacial score (nSPS) is 19.9. The molecule has 0 saturated carbocycles. The van der Waals surface area contributed by atoms with Crippen molar-refractivity contribution in [3.05, 3.63) is 132 Å². The Bertz CT molecular complexity index is 3790. The van der Waals surface area contributed by atoms with Crippen molar-refractivity contribution in [3.63, 3.8) is 0 Å². The quantitative estimate of drug-likeness (QED) is 0.0342. The van der Waals surface area contributed by atoms with Crippen LogP contribution in [-0.4, -0.2) is 162 Å². The molecule has 8 heterocycles. The zero-order chi connectivity index (χ0) is 73.5. The van der Waals surface area contributed by atoms with E-state index in [0.29, 0.717) is 148 Å². The number of carbonyl (C=O) groups excluding carboxylic acids is 8. The van der Waals surface area contributed by atoms with Gasteiger partial charge in [-0.2, -0.15) is 9.59 Å². The zero-order valence-corrected chi connectivity index (χ0v) is 59.8. The highest BCUT2D eigenvalue weighted by Crippen LogP contribution is 2.43. The standard InChI is InChI=1S/C47H58N6O8.C29H40N2O8.CO2/c1-6-22-60-47(57)53-39-28-41(31(2)25-37(39)45(56)52-21-11-9-14-38(52)46(53)61-43-16-10-13-24-59-43)58-23-12-7-8-15-42(54)48-36-27-40(51(5)30-36)44(55)49-35-19-17-33(18-20-35)34-26-32(3)50(4)29-34;1-3-15-38-29(35)31-23-19-24(36-16-9-4-5-12-25(32)33)20(2)18-21(23)27(34)30-14-8-6-11-22(30)28(31)39-26-13-7-10-17-37-26;2-1-3/h6,17-20,25-30,38,43,46H,1,7-16,21-24H2,2-5H3,(H,48,54)(H,49,55);3,18-19,22,26,28H,1,4-17H2,2H3,(H,32,33);/t38-,43?,46?;22-,26?,28?;/m00./s1. The van der Waals surface area contributed by atoms with E-state index in [4.69, 9.17) is 52.6 Å². The van der Waals surface area contributed by atoms with Crippen LogP contribution in [-0.2, 0) is 61.7 Å². The minimum atomic E-state index is -0.819. The molecule has 26 heteroatoms. The fourth-order valence-electron chi connectivity index (χ4n) is 13.7. The van der Waals surface area contributed by atoms with E-state index in [-0.39, 0.29) is 61.5 Å². The topological polar surface area (TPSA) is 295 Å². The van der Waals surface area contributed by atoms with Crippen molar-refractivity contribution >= 4 is 70.7 Å². The highest BCUT2D eigenvalue weighted by Gasteiger charge is 2.49. The smallest absolute Gasteiger partial charge is 0.416 e. The number of fused-ring (bicyclic) bond motifs is 4. The number of amides is 6. The maximum atomic E-state index is 14.2. The zero-order valence-electron chi connectivity index (χ0n) is 59.8. The Labute approximate surface area is 601 Å². The Kier molecular flexibility index (Phi) is 28.7. The predicted octanol–water partition coefficient (Wildman–Crippen LogP) is 12.9. The first-order chi connectivity index (χ1) is 49.8. The van der Waals surface area contributed by atoms with Gasteiger partial charge in [-0.15, -0.1) is 0 Å². The second-order valence-corrected chi connectivity index (χ2v) is 26.6. The fourth-order valence-corrected chi connectivity index (χ4v) is 13.7.